The standard InChI is InChI=1S/C7H14O2.C6H14O2.CH2O.6CH4.H2O/c1-3-7-4-6(2)8-5-9-7;1-3-6(8)4-5(2)7;1-2;;;;;;;/h6-7H,3-5H2,1-2H3;5-8H,3-4H2,1-2H3;1H2;6*1H4;1H2/p+1. The number of hydrogen-bond acceptors (Lipinski definition) is 5. The molecule has 6 heteroatoms. The molecule has 6 nitrogen and oxygen atoms in total. The highest BCUT2D eigenvalue weighted by Gasteiger charge is 2.17. The molecule has 1 heterocycles. The monoisotopic (exact) mass is 393 g/mol. The van der Waals surface area contributed by atoms with Crippen molar-refractivity contribution in [2.45, 2.75) is 122 Å². The average molecular weight is 394 g/mol. The molecule has 0 spiro atoms. The molecule has 0 aromatic carbocycles. The van der Waals surface area contributed by atoms with Crippen molar-refractivity contribution in [2.24, 2.45) is 0 Å². The van der Waals surface area contributed by atoms with Crippen LogP contribution in [0.5, 0.6) is 0 Å². The minimum atomic E-state index is -0.370. The third-order valence-corrected chi connectivity index (χ3v) is 2.79. The Labute approximate surface area is 168 Å². The van der Waals surface area contributed by atoms with Crippen LogP contribution in [0.2, 0.25) is 0 Å². The van der Waals surface area contributed by atoms with E-state index < -0.39 is 0 Å². The second-order valence-corrected chi connectivity index (χ2v) is 4.67. The molecule has 0 aromatic rings. The van der Waals surface area contributed by atoms with Gasteiger partial charge in [-0.2, -0.15) is 0 Å². The molecule has 0 radical (unpaired) electrons. The van der Waals surface area contributed by atoms with E-state index in [4.69, 9.17) is 24.5 Å². The first-order valence-electron chi connectivity index (χ1n) is 6.87. The van der Waals surface area contributed by atoms with Crippen LogP contribution in [0.4, 0.5) is 0 Å². The van der Waals surface area contributed by atoms with E-state index in [-0.39, 0.29) is 63.7 Å². The van der Waals surface area contributed by atoms with Crippen LogP contribution in [0.25, 0.3) is 0 Å². The van der Waals surface area contributed by atoms with Gasteiger partial charge in [0, 0.05) is 0 Å². The highest BCUT2D eigenvalue weighted by molar-refractivity contribution is 5.10. The lowest BCUT2D eigenvalue weighted by Gasteiger charge is -2.26. The quantitative estimate of drug-likeness (QED) is 0.699. The zero-order chi connectivity index (χ0) is 15.3. The van der Waals surface area contributed by atoms with Crippen LogP contribution in [0.1, 0.15) is 99.4 Å². The van der Waals surface area contributed by atoms with Gasteiger partial charge in [0.1, 0.15) is 13.6 Å². The average Bonchev–Trinajstić information content (AvgIpc) is 2.41. The molecule has 0 saturated carbocycles. The van der Waals surface area contributed by atoms with Crippen molar-refractivity contribution in [3.8, 4) is 0 Å². The SMILES string of the molecule is C.C.C.C.C.C.C=O.CCC(O)CC(C)O.CCC1CC(C)OCO1.O.[H+]. The highest BCUT2D eigenvalue weighted by Crippen LogP contribution is 2.14. The van der Waals surface area contributed by atoms with Gasteiger partial charge in [-0.25, -0.2) is 0 Å². The predicted molar refractivity (Wildman–Crippen MR) is 120 cm³/mol. The van der Waals surface area contributed by atoms with Gasteiger partial charge in [0.05, 0.1) is 24.4 Å². The maximum absolute atomic E-state index is 8.87. The van der Waals surface area contributed by atoms with Gasteiger partial charge >= 0.3 is 1.43 Å². The molecule has 0 bridgehead atoms. The van der Waals surface area contributed by atoms with Crippen LogP contribution in [0, 0.1) is 0 Å². The zero-order valence-electron chi connectivity index (χ0n) is 14.2. The van der Waals surface area contributed by atoms with Crippen molar-refractivity contribution < 1.29 is 31.4 Å². The molecule has 26 heavy (non-hydrogen) atoms. The molecule has 1 rings (SSSR count). The summed E-state index contributed by atoms with van der Waals surface area (Å²) in [6.07, 6.45) is 3.52. The topological polar surface area (TPSA) is 107 Å². The summed E-state index contributed by atoms with van der Waals surface area (Å²) in [7, 11) is 0. The summed E-state index contributed by atoms with van der Waals surface area (Å²) >= 11 is 0. The summed E-state index contributed by atoms with van der Waals surface area (Å²) < 4.78 is 10.5. The number of aliphatic hydroxyl groups excluding tert-OH is 2. The molecule has 172 valence electrons. The van der Waals surface area contributed by atoms with Gasteiger partial charge in [-0.15, -0.1) is 0 Å². The molecule has 1 aliphatic heterocycles. The Hall–Kier alpha value is -0.530. The lowest BCUT2D eigenvalue weighted by Crippen LogP contribution is -2.28. The Morgan fingerprint density at radius 1 is 1.04 bits per heavy atom. The van der Waals surface area contributed by atoms with Gasteiger partial charge < -0.3 is 30.0 Å². The molecule has 1 saturated heterocycles. The normalized spacial score (nSPS) is 18.4. The van der Waals surface area contributed by atoms with E-state index in [2.05, 4.69) is 13.8 Å². The van der Waals surface area contributed by atoms with E-state index in [1.54, 1.807) is 6.92 Å². The summed E-state index contributed by atoms with van der Waals surface area (Å²) in [5.74, 6) is 0. The number of carbonyl (C=O) groups excluding carboxylic acids is 1. The molecule has 4 unspecified atom stereocenters. The first-order valence-corrected chi connectivity index (χ1v) is 6.87. The molecular formula is C20H57O6+. The van der Waals surface area contributed by atoms with Crippen LogP contribution in [-0.4, -0.2) is 53.7 Å². The molecule has 1 aliphatic rings. The largest absolute Gasteiger partial charge is 1.00 e. The lowest BCUT2D eigenvalue weighted by molar-refractivity contribution is -0.170. The first kappa shape index (κ1) is 56.2. The van der Waals surface area contributed by atoms with E-state index >= 15 is 0 Å². The van der Waals surface area contributed by atoms with Crippen molar-refractivity contribution >= 4 is 6.79 Å². The molecule has 0 aliphatic carbocycles. The number of aliphatic hydroxyl groups is 2. The smallest absolute Gasteiger partial charge is 0.412 e. The fraction of sp³-hybridized carbons (Fsp3) is 0.950. The van der Waals surface area contributed by atoms with Gasteiger partial charge in [-0.3, -0.25) is 0 Å². The van der Waals surface area contributed by atoms with Crippen LogP contribution in [-0.2, 0) is 14.3 Å². The molecule has 1 fully saturated rings. The van der Waals surface area contributed by atoms with Crippen molar-refractivity contribution in [3.63, 3.8) is 0 Å². The summed E-state index contributed by atoms with van der Waals surface area (Å²) in [5.41, 5.74) is 0. The third-order valence-electron chi connectivity index (χ3n) is 2.79. The third kappa shape index (κ3) is 38.8. The van der Waals surface area contributed by atoms with Crippen LogP contribution < -0.4 is 0 Å². The lowest BCUT2D eigenvalue weighted by atomic mass is 10.1. The van der Waals surface area contributed by atoms with E-state index in [1.807, 2.05) is 13.7 Å². The van der Waals surface area contributed by atoms with E-state index in [0.29, 0.717) is 25.4 Å². The van der Waals surface area contributed by atoms with Crippen molar-refractivity contribution in [1.82, 2.24) is 0 Å². The van der Waals surface area contributed by atoms with Crippen molar-refractivity contribution in [2.75, 3.05) is 6.79 Å². The molecule has 0 amide bonds. The van der Waals surface area contributed by atoms with Crippen LogP contribution in [0.15, 0.2) is 0 Å². The molecule has 4 N–H and O–H groups in total. The van der Waals surface area contributed by atoms with Gasteiger partial charge in [0.2, 0.25) is 0 Å². The predicted octanol–water partition coefficient (Wildman–Crippen LogP) is 5.00. The second kappa shape index (κ2) is 39.5. The summed E-state index contributed by atoms with van der Waals surface area (Å²) in [4.78, 5) is 8.00. The van der Waals surface area contributed by atoms with Crippen LogP contribution in [0.3, 0.4) is 0 Å². The number of carbonyl (C=O) groups is 1. The van der Waals surface area contributed by atoms with E-state index in [9.17, 15) is 0 Å². The number of hydrogen-bond donors (Lipinski definition) is 2. The fourth-order valence-corrected chi connectivity index (χ4v) is 1.60. The first-order chi connectivity index (χ1) is 8.99. The Kier molecular flexibility index (Phi) is 85.4. The van der Waals surface area contributed by atoms with Gasteiger partial charge in [0.25, 0.3) is 0 Å². The Balaban J connectivity index is -0.0000000193. The van der Waals surface area contributed by atoms with E-state index in [1.165, 1.54) is 0 Å². The van der Waals surface area contributed by atoms with Crippen molar-refractivity contribution in [1.29, 1.82) is 0 Å². The maximum Gasteiger partial charge on any atom is 1.00 e. The van der Waals surface area contributed by atoms with Gasteiger partial charge in [-0.1, -0.05) is 58.4 Å². The minimum Gasteiger partial charge on any atom is -0.412 e. The molecule has 0 aromatic heterocycles. The summed E-state index contributed by atoms with van der Waals surface area (Å²) in [5, 5.41) is 17.6. The molecule has 4 atom stereocenters. The minimum absolute atomic E-state index is 0. The highest BCUT2D eigenvalue weighted by atomic mass is 16.7. The van der Waals surface area contributed by atoms with Crippen LogP contribution >= 0.6 is 0 Å². The maximum atomic E-state index is 8.87. The summed E-state index contributed by atoms with van der Waals surface area (Å²) in [6, 6.07) is 0. The second-order valence-electron chi connectivity index (χ2n) is 4.67. The zero-order valence-corrected chi connectivity index (χ0v) is 13.2. The molecular weight excluding hydrogens is 336 g/mol. The number of rotatable bonds is 4. The van der Waals surface area contributed by atoms with Gasteiger partial charge in [-0.05, 0) is 39.5 Å². The number of ether oxygens (including phenoxy) is 2. The Morgan fingerprint density at radius 3 is 1.65 bits per heavy atom. The van der Waals surface area contributed by atoms with Gasteiger partial charge in [0.15, 0.2) is 0 Å². The summed E-state index contributed by atoms with van der Waals surface area (Å²) in [6.45, 7) is 10.3. The fourth-order valence-electron chi connectivity index (χ4n) is 1.60. The Morgan fingerprint density at radius 2 is 1.46 bits per heavy atom. The van der Waals surface area contributed by atoms with E-state index in [0.717, 1.165) is 19.3 Å². The Bertz CT molecular complexity index is 197. The van der Waals surface area contributed by atoms with Crippen molar-refractivity contribution in [3.05, 3.63) is 0 Å².